The highest BCUT2D eigenvalue weighted by Gasteiger charge is 2.04. The molecule has 0 aliphatic carbocycles. The maximum Gasteiger partial charge on any atom is 0.238 e. The van der Waals surface area contributed by atoms with Gasteiger partial charge in [0, 0.05) is 7.05 Å². The molecule has 2 aromatic rings. The van der Waals surface area contributed by atoms with E-state index in [1.54, 1.807) is 0 Å². The standard InChI is InChI=1S/C10H9N3O2/c1-12-9-5-3-2-4-8(9)11-10(12)6-7-13(14)15/h2-7H,1H3/b7-6+. The largest absolute Gasteiger partial charge is 0.327 e. The van der Waals surface area contributed by atoms with Gasteiger partial charge in [0.2, 0.25) is 6.20 Å². The van der Waals surface area contributed by atoms with Gasteiger partial charge in [-0.25, -0.2) is 4.98 Å². The molecule has 15 heavy (non-hydrogen) atoms. The molecule has 1 aromatic carbocycles. The SMILES string of the molecule is Cn1c(/C=C/[N+](=O)[O-])nc2ccccc21. The minimum atomic E-state index is -0.501. The molecule has 0 unspecified atom stereocenters. The summed E-state index contributed by atoms with van der Waals surface area (Å²) in [4.78, 5) is 13.9. The van der Waals surface area contributed by atoms with Gasteiger partial charge in [-0.3, -0.25) is 10.1 Å². The summed E-state index contributed by atoms with van der Waals surface area (Å²) in [6, 6.07) is 7.59. The van der Waals surface area contributed by atoms with Crippen molar-refractivity contribution in [2.45, 2.75) is 0 Å². The maximum absolute atomic E-state index is 10.2. The highest BCUT2D eigenvalue weighted by molar-refractivity contribution is 5.77. The van der Waals surface area contributed by atoms with Crippen molar-refractivity contribution in [3.05, 3.63) is 46.4 Å². The van der Waals surface area contributed by atoms with Crippen LogP contribution in [0.3, 0.4) is 0 Å². The fourth-order valence-corrected chi connectivity index (χ4v) is 1.44. The van der Waals surface area contributed by atoms with Gasteiger partial charge in [0.15, 0.2) is 0 Å². The minimum Gasteiger partial charge on any atom is -0.327 e. The fraction of sp³-hybridized carbons (Fsp3) is 0.100. The summed E-state index contributed by atoms with van der Waals surface area (Å²) in [5.74, 6) is 0.577. The molecule has 1 aromatic heterocycles. The molecule has 0 aliphatic heterocycles. The monoisotopic (exact) mass is 203 g/mol. The van der Waals surface area contributed by atoms with Crippen LogP contribution in [0.4, 0.5) is 0 Å². The Morgan fingerprint density at radius 2 is 2.20 bits per heavy atom. The quantitative estimate of drug-likeness (QED) is 0.552. The zero-order valence-corrected chi connectivity index (χ0v) is 8.12. The minimum absolute atomic E-state index is 0.501. The van der Waals surface area contributed by atoms with Crippen LogP contribution in [-0.2, 0) is 7.05 Å². The van der Waals surface area contributed by atoms with Gasteiger partial charge in [-0.05, 0) is 12.1 Å². The summed E-state index contributed by atoms with van der Waals surface area (Å²) in [7, 11) is 1.83. The zero-order chi connectivity index (χ0) is 10.8. The number of aromatic nitrogens is 2. The molecule has 0 saturated heterocycles. The van der Waals surface area contributed by atoms with Crippen molar-refractivity contribution < 1.29 is 4.92 Å². The van der Waals surface area contributed by atoms with Crippen molar-refractivity contribution >= 4 is 17.1 Å². The van der Waals surface area contributed by atoms with Crippen molar-refractivity contribution in [1.82, 2.24) is 9.55 Å². The smallest absolute Gasteiger partial charge is 0.238 e. The summed E-state index contributed by atoms with van der Waals surface area (Å²) in [5.41, 5.74) is 1.79. The van der Waals surface area contributed by atoms with Crippen LogP contribution in [0.15, 0.2) is 30.5 Å². The lowest BCUT2D eigenvalue weighted by molar-refractivity contribution is -0.401. The van der Waals surface area contributed by atoms with Crippen LogP contribution in [0.25, 0.3) is 17.1 Å². The Balaban J connectivity index is 2.53. The number of hydrogen-bond donors (Lipinski definition) is 0. The molecule has 0 aliphatic rings. The van der Waals surface area contributed by atoms with Crippen LogP contribution in [0.5, 0.6) is 0 Å². The van der Waals surface area contributed by atoms with Gasteiger partial charge >= 0.3 is 0 Å². The lowest BCUT2D eigenvalue weighted by atomic mass is 10.3. The number of benzene rings is 1. The van der Waals surface area contributed by atoms with E-state index in [4.69, 9.17) is 0 Å². The van der Waals surface area contributed by atoms with Gasteiger partial charge in [0.1, 0.15) is 5.82 Å². The maximum atomic E-state index is 10.2. The Kier molecular flexibility index (Phi) is 2.21. The van der Waals surface area contributed by atoms with Gasteiger partial charge in [0.25, 0.3) is 0 Å². The summed E-state index contributed by atoms with van der Waals surface area (Å²) >= 11 is 0. The molecule has 1 heterocycles. The fourth-order valence-electron chi connectivity index (χ4n) is 1.44. The van der Waals surface area contributed by atoms with E-state index in [2.05, 4.69) is 4.98 Å². The molecule has 2 rings (SSSR count). The van der Waals surface area contributed by atoms with E-state index < -0.39 is 4.92 Å². The van der Waals surface area contributed by atoms with E-state index in [1.807, 2.05) is 35.9 Å². The number of rotatable bonds is 2. The van der Waals surface area contributed by atoms with Crippen LogP contribution in [0, 0.1) is 10.1 Å². The Bertz CT molecular complexity index is 543. The molecule has 0 fully saturated rings. The van der Waals surface area contributed by atoms with E-state index in [9.17, 15) is 10.1 Å². The third-order valence-corrected chi connectivity index (χ3v) is 2.17. The summed E-state index contributed by atoms with van der Waals surface area (Å²) in [5, 5.41) is 10.2. The van der Waals surface area contributed by atoms with Crippen LogP contribution < -0.4 is 0 Å². The van der Waals surface area contributed by atoms with Crippen molar-refractivity contribution in [1.29, 1.82) is 0 Å². The second-order valence-corrected chi connectivity index (χ2v) is 3.12. The van der Waals surface area contributed by atoms with E-state index in [1.165, 1.54) is 6.08 Å². The molecule has 0 N–H and O–H groups in total. The van der Waals surface area contributed by atoms with E-state index in [-0.39, 0.29) is 0 Å². The van der Waals surface area contributed by atoms with Crippen molar-refractivity contribution in [3.63, 3.8) is 0 Å². The van der Waals surface area contributed by atoms with E-state index >= 15 is 0 Å². The number of imidazole rings is 1. The van der Waals surface area contributed by atoms with Gasteiger partial charge in [-0.15, -0.1) is 0 Å². The van der Waals surface area contributed by atoms with Crippen molar-refractivity contribution in [2.75, 3.05) is 0 Å². The third kappa shape index (κ3) is 1.71. The lowest BCUT2D eigenvalue weighted by Crippen LogP contribution is -1.92. The molecule has 5 heteroatoms. The summed E-state index contributed by atoms with van der Waals surface area (Å²) in [6.07, 6.45) is 2.28. The third-order valence-electron chi connectivity index (χ3n) is 2.17. The molecule has 0 amide bonds. The number of nitrogens with zero attached hydrogens (tertiary/aromatic N) is 3. The number of aryl methyl sites for hydroxylation is 1. The average Bonchev–Trinajstić information content (AvgIpc) is 2.54. The average molecular weight is 203 g/mol. The van der Waals surface area contributed by atoms with Crippen LogP contribution in [0.2, 0.25) is 0 Å². The molecule has 76 valence electrons. The molecule has 0 spiro atoms. The molecular weight excluding hydrogens is 194 g/mol. The predicted molar refractivity (Wildman–Crippen MR) is 56.7 cm³/mol. The Hall–Kier alpha value is -2.17. The number of para-hydroxylation sites is 2. The van der Waals surface area contributed by atoms with E-state index in [0.29, 0.717) is 5.82 Å². The van der Waals surface area contributed by atoms with Crippen molar-refractivity contribution in [3.8, 4) is 0 Å². The van der Waals surface area contributed by atoms with Gasteiger partial charge in [-0.2, -0.15) is 0 Å². The first-order valence-corrected chi connectivity index (χ1v) is 4.41. The van der Waals surface area contributed by atoms with Crippen LogP contribution in [0.1, 0.15) is 5.82 Å². The first-order chi connectivity index (χ1) is 7.18. The molecule has 0 radical (unpaired) electrons. The van der Waals surface area contributed by atoms with Gasteiger partial charge < -0.3 is 4.57 Å². The lowest BCUT2D eigenvalue weighted by Gasteiger charge is -1.94. The van der Waals surface area contributed by atoms with Crippen molar-refractivity contribution in [2.24, 2.45) is 7.05 Å². The number of hydrogen-bond acceptors (Lipinski definition) is 3. The van der Waals surface area contributed by atoms with Crippen LogP contribution >= 0.6 is 0 Å². The Morgan fingerprint density at radius 1 is 1.47 bits per heavy atom. The summed E-state index contributed by atoms with van der Waals surface area (Å²) in [6.45, 7) is 0. The Morgan fingerprint density at radius 3 is 2.87 bits per heavy atom. The first-order valence-electron chi connectivity index (χ1n) is 4.41. The molecular formula is C10H9N3O2. The topological polar surface area (TPSA) is 61.0 Å². The van der Waals surface area contributed by atoms with Gasteiger partial charge in [-0.1, -0.05) is 12.1 Å². The Labute approximate surface area is 85.8 Å². The molecule has 0 saturated carbocycles. The summed E-state index contributed by atoms with van der Waals surface area (Å²) < 4.78 is 1.81. The van der Waals surface area contributed by atoms with E-state index in [0.717, 1.165) is 17.2 Å². The highest BCUT2D eigenvalue weighted by atomic mass is 16.6. The molecule has 0 atom stereocenters. The normalized spacial score (nSPS) is 11.3. The first kappa shape index (κ1) is 9.39. The zero-order valence-electron chi connectivity index (χ0n) is 8.12. The number of fused-ring (bicyclic) bond motifs is 1. The van der Waals surface area contributed by atoms with Gasteiger partial charge in [0.05, 0.1) is 22.0 Å². The second kappa shape index (κ2) is 3.53. The second-order valence-electron chi connectivity index (χ2n) is 3.12. The predicted octanol–water partition coefficient (Wildman–Crippen LogP) is 1.82. The van der Waals surface area contributed by atoms with Crippen LogP contribution in [-0.4, -0.2) is 14.5 Å². The number of nitro groups is 1. The molecule has 0 bridgehead atoms. The molecule has 5 nitrogen and oxygen atoms in total. The highest BCUT2D eigenvalue weighted by Crippen LogP contribution is 2.14.